The topological polar surface area (TPSA) is 210 Å². The molecule has 0 aromatic carbocycles. The van der Waals surface area contributed by atoms with Gasteiger partial charge in [-0.2, -0.15) is 0 Å². The van der Waals surface area contributed by atoms with Gasteiger partial charge in [0.1, 0.15) is 43.2 Å². The first-order valence-corrected chi connectivity index (χ1v) is 28.5. The molecule has 1 saturated carbocycles. The van der Waals surface area contributed by atoms with Crippen LogP contribution in [0.5, 0.6) is 0 Å². The Labute approximate surface area is 401 Å². The van der Waals surface area contributed by atoms with Gasteiger partial charge in [-0.3, -0.25) is 18.6 Å². The molecule has 0 amide bonds. The molecule has 0 saturated heterocycles. The van der Waals surface area contributed by atoms with Crippen molar-refractivity contribution in [2.24, 2.45) is 0 Å². The normalized spacial score (nSPS) is 21.3. The minimum atomic E-state index is -5.12. The molecule has 1 aliphatic carbocycles. The molecule has 0 spiro atoms. The van der Waals surface area contributed by atoms with Crippen molar-refractivity contribution in [2.75, 3.05) is 13.2 Å². The van der Waals surface area contributed by atoms with Gasteiger partial charge in [0, 0.05) is 12.8 Å². The number of carbonyl (C=O) groups excluding carboxylic acids is 2. The van der Waals surface area contributed by atoms with Gasteiger partial charge in [0.05, 0.1) is 6.61 Å². The highest BCUT2D eigenvalue weighted by molar-refractivity contribution is 7.47. The Morgan fingerprint density at radius 1 is 0.455 bits per heavy atom. The number of phosphoric acid groups is 1. The third-order valence-electron chi connectivity index (χ3n) is 12.9. The van der Waals surface area contributed by atoms with Crippen LogP contribution in [0.4, 0.5) is 0 Å². The Morgan fingerprint density at radius 2 is 0.788 bits per heavy atom. The van der Waals surface area contributed by atoms with Crippen LogP contribution >= 0.6 is 7.82 Å². The maximum atomic E-state index is 12.8. The van der Waals surface area contributed by atoms with Crippen LogP contribution in [-0.2, 0) is 32.7 Å². The van der Waals surface area contributed by atoms with Crippen LogP contribution in [0.1, 0.15) is 251 Å². The number of aliphatic hydroxyl groups is 5. The van der Waals surface area contributed by atoms with Crippen LogP contribution in [0.3, 0.4) is 0 Å². The predicted molar refractivity (Wildman–Crippen MR) is 263 cm³/mol. The smallest absolute Gasteiger partial charge is 0.462 e. The first-order chi connectivity index (χ1) is 31.9. The summed E-state index contributed by atoms with van der Waals surface area (Å²) in [6.07, 6.45) is 34.2. The quantitative estimate of drug-likeness (QED) is 0.0145. The average Bonchev–Trinajstić information content (AvgIpc) is 3.30. The van der Waals surface area contributed by atoms with E-state index >= 15 is 0 Å². The summed E-state index contributed by atoms with van der Waals surface area (Å²) in [5, 5.41) is 50.3. The van der Waals surface area contributed by atoms with Crippen molar-refractivity contribution in [2.45, 2.75) is 294 Å². The Morgan fingerprint density at radius 3 is 1.20 bits per heavy atom. The van der Waals surface area contributed by atoms with Crippen molar-refractivity contribution in [3.8, 4) is 0 Å². The highest BCUT2D eigenvalue weighted by Gasteiger charge is 2.51. The molecule has 14 heteroatoms. The van der Waals surface area contributed by atoms with E-state index < -0.39 is 75.7 Å². The van der Waals surface area contributed by atoms with E-state index in [0.29, 0.717) is 19.3 Å². The second-order valence-corrected chi connectivity index (χ2v) is 20.5. The largest absolute Gasteiger partial charge is 0.472 e. The third-order valence-corrected chi connectivity index (χ3v) is 13.8. The molecule has 6 unspecified atom stereocenters. The van der Waals surface area contributed by atoms with Gasteiger partial charge < -0.3 is 39.9 Å². The Hall–Kier alpha value is -1.41. The molecule has 0 heterocycles. The summed E-state index contributed by atoms with van der Waals surface area (Å²) >= 11 is 0. The molecular formula is C52H99O13P. The monoisotopic (exact) mass is 963 g/mol. The molecule has 1 aliphatic rings. The molecule has 8 atom stereocenters. The van der Waals surface area contributed by atoms with Gasteiger partial charge in [-0.25, -0.2) is 4.57 Å². The highest BCUT2D eigenvalue weighted by Crippen LogP contribution is 2.47. The molecule has 6 N–H and O–H groups in total. The Kier molecular flexibility index (Phi) is 40.3. The first kappa shape index (κ1) is 62.6. The van der Waals surface area contributed by atoms with Crippen LogP contribution < -0.4 is 0 Å². The molecule has 1 rings (SSSR count). The lowest BCUT2D eigenvalue weighted by Gasteiger charge is -2.41. The minimum Gasteiger partial charge on any atom is -0.462 e. The van der Waals surface area contributed by atoms with Gasteiger partial charge >= 0.3 is 19.8 Å². The van der Waals surface area contributed by atoms with Gasteiger partial charge in [-0.15, -0.1) is 0 Å². The number of esters is 2. The number of hydrogen-bond acceptors (Lipinski definition) is 12. The summed E-state index contributed by atoms with van der Waals surface area (Å²) in [5.74, 6) is -1.12. The van der Waals surface area contributed by atoms with Crippen molar-refractivity contribution < 1.29 is 63.1 Å². The van der Waals surface area contributed by atoms with E-state index in [1.807, 2.05) is 0 Å². The van der Waals surface area contributed by atoms with Gasteiger partial charge in [0.25, 0.3) is 0 Å². The molecule has 390 valence electrons. The summed E-state index contributed by atoms with van der Waals surface area (Å²) in [4.78, 5) is 35.8. The first-order valence-electron chi connectivity index (χ1n) is 27.0. The van der Waals surface area contributed by atoms with E-state index in [4.69, 9.17) is 18.5 Å². The molecule has 0 aliphatic heterocycles. The fourth-order valence-corrected chi connectivity index (χ4v) is 9.50. The van der Waals surface area contributed by atoms with Crippen LogP contribution in [-0.4, -0.2) is 98.3 Å². The van der Waals surface area contributed by atoms with Crippen LogP contribution in [0, 0.1) is 0 Å². The average molecular weight is 963 g/mol. The van der Waals surface area contributed by atoms with Crippen LogP contribution in [0.2, 0.25) is 0 Å². The second kappa shape index (κ2) is 42.5. The van der Waals surface area contributed by atoms with Gasteiger partial charge in [-0.05, 0) is 32.1 Å². The molecular weight excluding hydrogens is 864 g/mol. The summed E-state index contributed by atoms with van der Waals surface area (Å²) in [6, 6.07) is 0. The third kappa shape index (κ3) is 34.0. The van der Waals surface area contributed by atoms with Gasteiger partial charge in [0.2, 0.25) is 0 Å². The minimum absolute atomic E-state index is 0.0974. The van der Waals surface area contributed by atoms with Crippen LogP contribution in [0.15, 0.2) is 12.2 Å². The second-order valence-electron chi connectivity index (χ2n) is 19.1. The summed E-state index contributed by atoms with van der Waals surface area (Å²) in [5.41, 5.74) is 0. The lowest BCUT2D eigenvalue weighted by atomic mass is 9.85. The van der Waals surface area contributed by atoms with Gasteiger partial charge in [-0.1, -0.05) is 219 Å². The standard InChI is InChI=1S/C52H99O13P/c1-3-5-7-9-11-13-15-17-19-20-21-22-23-24-25-26-27-29-30-32-34-36-38-40-45(53)62-42-44(43-63-66(60,61)65-52-50(58)48(56)47(55)49(57)51(52)59)64-46(54)41-39-37-35-33-31-28-18-16-14-12-10-8-6-4-2/h32,34,44,47-52,55-59H,3-31,33,35-43H2,1-2H3,(H,60,61)/b34-32+/t44-,47?,48-,49?,50?,51?,52?/m0/s1. The maximum absolute atomic E-state index is 12.8. The molecule has 13 nitrogen and oxygen atoms in total. The van der Waals surface area contributed by atoms with E-state index in [1.165, 1.54) is 167 Å². The van der Waals surface area contributed by atoms with E-state index in [2.05, 4.69) is 26.0 Å². The molecule has 0 aromatic rings. The number of hydrogen-bond donors (Lipinski definition) is 6. The fourth-order valence-electron chi connectivity index (χ4n) is 8.53. The molecule has 0 aromatic heterocycles. The fraction of sp³-hybridized carbons (Fsp3) is 0.923. The van der Waals surface area contributed by atoms with Gasteiger partial charge in [0.15, 0.2) is 6.10 Å². The number of carbonyl (C=O) groups is 2. The van der Waals surface area contributed by atoms with Crippen molar-refractivity contribution >= 4 is 19.8 Å². The van der Waals surface area contributed by atoms with E-state index in [-0.39, 0.29) is 12.8 Å². The number of phosphoric ester groups is 1. The number of unbranched alkanes of at least 4 members (excludes halogenated alkanes) is 32. The Balaban J connectivity index is 2.34. The molecule has 0 radical (unpaired) electrons. The highest BCUT2D eigenvalue weighted by atomic mass is 31.2. The summed E-state index contributed by atoms with van der Waals surface area (Å²) < 4.78 is 33.6. The number of rotatable bonds is 46. The number of aliphatic hydroxyl groups excluding tert-OH is 5. The Bertz CT molecular complexity index is 1200. The van der Waals surface area contributed by atoms with Crippen molar-refractivity contribution in [1.29, 1.82) is 0 Å². The maximum Gasteiger partial charge on any atom is 0.472 e. The number of allylic oxidation sites excluding steroid dienone is 2. The van der Waals surface area contributed by atoms with Crippen molar-refractivity contribution in [3.63, 3.8) is 0 Å². The summed E-state index contributed by atoms with van der Waals surface area (Å²) in [7, 11) is -5.12. The predicted octanol–water partition coefficient (Wildman–Crippen LogP) is 11.8. The lowest BCUT2D eigenvalue weighted by molar-refractivity contribution is -0.220. The molecule has 66 heavy (non-hydrogen) atoms. The van der Waals surface area contributed by atoms with E-state index in [0.717, 1.165) is 38.5 Å². The van der Waals surface area contributed by atoms with Crippen molar-refractivity contribution in [3.05, 3.63) is 12.2 Å². The lowest BCUT2D eigenvalue weighted by Crippen LogP contribution is -2.64. The molecule has 0 bridgehead atoms. The van der Waals surface area contributed by atoms with Crippen molar-refractivity contribution in [1.82, 2.24) is 0 Å². The zero-order chi connectivity index (χ0) is 48.5. The van der Waals surface area contributed by atoms with E-state index in [1.54, 1.807) is 0 Å². The molecule has 1 fully saturated rings. The number of ether oxygens (including phenoxy) is 2. The SMILES string of the molecule is CCCCCCCCCCCCCCCCCCCC/C=C/CCCC(=O)OC[C@@H](COP(=O)(O)OC1C(O)C(O)C(O)[C@H](O)C1O)OC(=O)CCCCCCCCCCCCCCCC. The van der Waals surface area contributed by atoms with E-state index in [9.17, 15) is 44.6 Å². The zero-order valence-electron chi connectivity index (χ0n) is 41.8. The van der Waals surface area contributed by atoms with Crippen LogP contribution in [0.25, 0.3) is 0 Å². The summed E-state index contributed by atoms with van der Waals surface area (Å²) in [6.45, 7) is 3.32. The zero-order valence-corrected chi connectivity index (χ0v) is 42.7.